The van der Waals surface area contributed by atoms with Crippen LogP contribution in [0.25, 0.3) is 11.2 Å². The van der Waals surface area contributed by atoms with Gasteiger partial charge in [0, 0.05) is 56.0 Å². The molecule has 3 rings (SSSR count). The summed E-state index contributed by atoms with van der Waals surface area (Å²) < 4.78 is 62.4. The maximum atomic E-state index is 12.7. The Morgan fingerprint density at radius 3 is 2.16 bits per heavy atom. The van der Waals surface area contributed by atoms with Crippen LogP contribution < -0.4 is 16.4 Å². The number of amides is 2. The van der Waals surface area contributed by atoms with Crippen molar-refractivity contribution in [1.82, 2.24) is 30.2 Å². The Balaban J connectivity index is 0.0000159. The Morgan fingerprint density at radius 2 is 1.51 bits per heavy atom. The number of unbranched alkanes of at least 4 members (excludes halogenated alkanes) is 11. The number of hydrogen-bond acceptors (Lipinski definition) is 18. The second-order valence-electron chi connectivity index (χ2n) is 16.6. The van der Waals surface area contributed by atoms with E-state index in [-0.39, 0.29) is 60.5 Å². The molecule has 2 unspecified atom stereocenters. The van der Waals surface area contributed by atoms with Crippen LogP contribution in [0.1, 0.15) is 123 Å². The first kappa shape index (κ1) is 62.0. The molecule has 0 saturated carbocycles. The van der Waals surface area contributed by atoms with Crippen LogP contribution in [0.3, 0.4) is 0 Å². The molecule has 1 fully saturated rings. The zero-order chi connectivity index (χ0) is 49.7. The van der Waals surface area contributed by atoms with Crippen LogP contribution in [0.4, 0.5) is 5.82 Å². The molecule has 0 spiro atoms. The minimum atomic E-state index is -5.58. The van der Waals surface area contributed by atoms with Crippen molar-refractivity contribution in [2.45, 2.75) is 148 Å². The summed E-state index contributed by atoms with van der Waals surface area (Å²) in [5, 5.41) is 26.7. The van der Waals surface area contributed by atoms with E-state index >= 15 is 0 Å². The van der Waals surface area contributed by atoms with E-state index in [0.29, 0.717) is 12.2 Å². The van der Waals surface area contributed by atoms with Crippen molar-refractivity contribution in [3.8, 4) is 0 Å². The topological polar surface area (TPSA) is 364 Å². The molecule has 2 amide bonds. The fourth-order valence-corrected chi connectivity index (χ4v) is 10.3. The van der Waals surface area contributed by atoms with Crippen LogP contribution in [0, 0.1) is 5.41 Å². The summed E-state index contributed by atoms with van der Waals surface area (Å²) in [4.78, 5) is 88.3. The predicted octanol–water partition coefficient (Wildman–Crippen LogP) is 4.32. The number of anilines is 1. The third-order valence-corrected chi connectivity index (χ3v) is 14.4. The molecule has 0 aromatic carbocycles. The molecule has 383 valence electrons. The first-order valence-corrected chi connectivity index (χ1v) is 27.8. The number of nitrogens with one attached hydrogen (secondary N) is 2. The molecule has 68 heavy (non-hydrogen) atoms. The quantitative estimate of drug-likeness (QED) is 0.0204. The van der Waals surface area contributed by atoms with Gasteiger partial charge >= 0.3 is 23.5 Å². The van der Waals surface area contributed by atoms with Crippen LogP contribution in [0.2, 0.25) is 0 Å². The number of imidazole rings is 1. The molecule has 3 heterocycles. The Labute approximate surface area is 412 Å². The van der Waals surface area contributed by atoms with Gasteiger partial charge in [0.1, 0.15) is 36.3 Å². The van der Waals surface area contributed by atoms with Gasteiger partial charge < -0.3 is 50.9 Å². The number of fused-ring (bicyclic) bond motifs is 1. The van der Waals surface area contributed by atoms with E-state index in [2.05, 4.69) is 53.5 Å². The van der Waals surface area contributed by atoms with Gasteiger partial charge in [0.15, 0.2) is 22.8 Å². The number of aliphatic hydroxyl groups excluding tert-OH is 2. The second-order valence-corrected chi connectivity index (χ2v) is 22.0. The van der Waals surface area contributed by atoms with E-state index < -0.39 is 84.6 Å². The van der Waals surface area contributed by atoms with E-state index in [9.17, 15) is 57.9 Å². The number of nitrogen functional groups attached to an aromatic ring is 1. The number of rotatable bonds is 34. The molecule has 1 radical (unpaired) electrons. The largest absolute Gasteiger partial charge is 0.481 e. The van der Waals surface area contributed by atoms with Crippen LogP contribution in [-0.4, -0.2) is 142 Å². The fraction of sp³-hybridized carbons (Fsp3) is 0.744. The molecular weight excluding hydrogens is 970 g/mol. The zero-order valence-corrected chi connectivity index (χ0v) is 42.6. The van der Waals surface area contributed by atoms with Gasteiger partial charge in [-0.15, -0.1) is 0 Å². The molecule has 2 aromatic rings. The Morgan fingerprint density at radius 1 is 0.897 bits per heavy atom. The molecule has 29 heteroatoms. The summed E-state index contributed by atoms with van der Waals surface area (Å²) in [5.74, 6) is -1.03. The Bertz CT molecular complexity index is 2050. The molecule has 0 bridgehead atoms. The van der Waals surface area contributed by atoms with Gasteiger partial charge in [-0.2, -0.15) is 4.31 Å². The first-order chi connectivity index (χ1) is 31.6. The number of hydrogen-bond donors (Lipinski definition) is 9. The van der Waals surface area contributed by atoms with Gasteiger partial charge in [-0.3, -0.25) is 32.5 Å². The third kappa shape index (κ3) is 23.0. The van der Waals surface area contributed by atoms with Gasteiger partial charge in [0.2, 0.25) is 11.8 Å². The molecule has 7 atom stereocenters. The van der Waals surface area contributed by atoms with Crippen molar-refractivity contribution in [1.29, 1.82) is 0 Å². The van der Waals surface area contributed by atoms with Crippen LogP contribution in [0.5, 0.6) is 0 Å². The number of carbonyl (C=O) groups is 3. The normalized spacial score (nSPS) is 19.9. The Kier molecular flexibility index (Phi) is 28.0. The summed E-state index contributed by atoms with van der Waals surface area (Å²) in [5.41, 5.74) is 4.29. The van der Waals surface area contributed by atoms with Crippen molar-refractivity contribution >= 4 is 88.0 Å². The minimum Gasteiger partial charge on any atom is -0.386 e. The van der Waals surface area contributed by atoms with Gasteiger partial charge in [0.05, 0.1) is 19.5 Å². The van der Waals surface area contributed by atoms with Gasteiger partial charge in [-0.05, 0) is 32.1 Å². The molecule has 1 aliphatic rings. The summed E-state index contributed by atoms with van der Waals surface area (Å²) in [6.45, 7) is 2.79. The number of aromatic nitrogens is 4. The summed E-state index contributed by atoms with van der Waals surface area (Å²) in [6.07, 6.45) is 13.5. The minimum absolute atomic E-state index is 0. The number of nitrogens with two attached hydrogens (primary N) is 1. The average Bonchev–Trinajstić information content (AvgIpc) is 3.81. The zero-order valence-electron chi connectivity index (χ0n) is 39.1. The van der Waals surface area contributed by atoms with E-state index in [0.717, 1.165) is 73.9 Å². The van der Waals surface area contributed by atoms with Crippen molar-refractivity contribution in [3.05, 3.63) is 24.8 Å². The number of phosphoric ester groups is 3. The molecule has 1 saturated heterocycles. The third-order valence-electron chi connectivity index (χ3n) is 10.4. The van der Waals surface area contributed by atoms with Gasteiger partial charge in [-0.25, -0.2) is 28.6 Å². The maximum absolute atomic E-state index is 12.7. The summed E-state index contributed by atoms with van der Waals surface area (Å²) in [6, 6.07) is 0. The van der Waals surface area contributed by atoms with E-state index in [1.807, 2.05) is 0 Å². The van der Waals surface area contributed by atoms with Crippen LogP contribution in [-0.2, 0) is 50.7 Å². The average molecular weight is 1040 g/mol. The van der Waals surface area contributed by atoms with Crippen molar-refractivity contribution < 1.29 is 80.5 Å². The number of allylic oxidation sites excluding steroid dienone is 2. The Hall–Kier alpha value is -2.10. The van der Waals surface area contributed by atoms with Crippen LogP contribution >= 0.6 is 35.2 Å². The molecule has 24 nitrogen and oxygen atoms in total. The molecule has 0 aliphatic carbocycles. The van der Waals surface area contributed by atoms with Crippen molar-refractivity contribution in [3.63, 3.8) is 0 Å². The summed E-state index contributed by atoms with van der Waals surface area (Å²) in [7, 11) is -16.4. The van der Waals surface area contributed by atoms with E-state index in [4.69, 9.17) is 19.5 Å². The number of phosphoric acid groups is 3. The first-order valence-electron chi connectivity index (χ1n) is 22.3. The van der Waals surface area contributed by atoms with Crippen LogP contribution in [0.15, 0.2) is 24.8 Å². The fourth-order valence-electron chi connectivity index (χ4n) is 6.71. The standard InChI is InChI=1S/C39H68N7O17P3S.Li/c1-4-5-6-7-8-9-10-11-12-13-14-15-16-17-18-19-30(48)67-23-22-41-29(47)20-21-42-37(51)34(50)39(2,3)25-60-66(57,58)63-65(55,56)59-24-28-33(62-64(52,53)54)32(49)38(61-28)46-27-45-31-35(40)43-26-44-36(31)46;/h11-12,26-28,32-34,38,49-50H,4-10,13-25H2,1-3H3,(H,41,47)(H,42,51)(H,55,56)(H,57,58)(H2,40,43,44)(H2,52,53,54);/b12-11-;/t28-,32-,33-,34+,38-;/m1./s1. The van der Waals surface area contributed by atoms with Crippen molar-refractivity contribution in [2.75, 3.05) is 37.8 Å². The summed E-state index contributed by atoms with van der Waals surface area (Å²) >= 11 is 1.15. The smallest absolute Gasteiger partial charge is 0.386 e. The second kappa shape index (κ2) is 30.7. The number of thioether (sulfide) groups is 1. The monoisotopic (exact) mass is 1040 g/mol. The number of aliphatic hydroxyl groups is 2. The van der Waals surface area contributed by atoms with Gasteiger partial charge in [0.25, 0.3) is 0 Å². The molecule has 10 N–H and O–H groups in total. The molecule has 2 aromatic heterocycles. The maximum Gasteiger partial charge on any atom is 0.481 e. The number of nitrogens with zero attached hydrogens (tertiary/aromatic N) is 4. The van der Waals surface area contributed by atoms with Crippen molar-refractivity contribution in [2.24, 2.45) is 5.41 Å². The predicted molar refractivity (Wildman–Crippen MR) is 252 cm³/mol. The van der Waals surface area contributed by atoms with E-state index in [1.54, 1.807) is 0 Å². The SMILES string of the molecule is CCCCCCCC/C=C\CCCCCCCC(=O)SCCNC(=O)CCNC(=O)[C@H](O)C(C)(C)COP(=O)(O)OP(=O)(O)OC[C@H]1O[C@@H](n2cnc3c(N)ncnc32)[C@H](O)[C@@H]1OP(=O)(O)O.[Li]. The molecular formula is C39H68LiN7O17P3S. The van der Waals surface area contributed by atoms with E-state index in [1.165, 1.54) is 52.4 Å². The number of ether oxygens (including phenoxy) is 1. The molecule has 1 aliphatic heterocycles. The van der Waals surface area contributed by atoms with Gasteiger partial charge in [-0.1, -0.05) is 96.1 Å². The number of carbonyl (C=O) groups excluding carboxylic acids is 3.